The van der Waals surface area contributed by atoms with E-state index in [4.69, 9.17) is 16.7 Å². The Bertz CT molecular complexity index is 650. The molecule has 0 atom stereocenters. The number of phenolic OH excluding ortho intramolecular Hbond substituents is 1. The Morgan fingerprint density at radius 2 is 1.68 bits per heavy atom. The molecule has 2 aromatic rings. The van der Waals surface area contributed by atoms with Crippen molar-refractivity contribution >= 4 is 23.3 Å². The lowest BCUT2D eigenvalue weighted by Gasteiger charge is -2.11. The third-order valence-corrected chi connectivity index (χ3v) is 3.44. The van der Waals surface area contributed by atoms with Gasteiger partial charge in [-0.15, -0.1) is 0 Å². The van der Waals surface area contributed by atoms with Gasteiger partial charge in [-0.05, 0) is 24.6 Å². The summed E-state index contributed by atoms with van der Waals surface area (Å²) >= 11 is 6.23. The lowest BCUT2D eigenvalue weighted by Crippen LogP contribution is -2.06. The van der Waals surface area contributed by atoms with Crippen molar-refractivity contribution in [1.82, 2.24) is 0 Å². The fourth-order valence-corrected chi connectivity index (χ4v) is 2.29. The quantitative estimate of drug-likeness (QED) is 0.629. The van der Waals surface area contributed by atoms with Gasteiger partial charge >= 0.3 is 5.97 Å². The Morgan fingerprint density at radius 3 is 2.32 bits per heavy atom. The van der Waals surface area contributed by atoms with Crippen molar-refractivity contribution in [3.05, 3.63) is 64.7 Å². The van der Waals surface area contributed by atoms with Gasteiger partial charge in [0.05, 0.1) is 5.71 Å². The van der Waals surface area contributed by atoms with E-state index in [0.29, 0.717) is 34.8 Å². The number of carboxylic acids is 1. The molecular formula is C17H16ClNO3. The van der Waals surface area contributed by atoms with Gasteiger partial charge < -0.3 is 10.2 Å². The molecular weight excluding hydrogens is 302 g/mol. The molecule has 0 saturated heterocycles. The fourth-order valence-electron chi connectivity index (χ4n) is 2.06. The van der Waals surface area contributed by atoms with Crippen LogP contribution in [0.2, 0.25) is 5.02 Å². The number of nitrogens with zero attached hydrogens (tertiary/aromatic N) is 1. The Labute approximate surface area is 133 Å². The van der Waals surface area contributed by atoms with Gasteiger partial charge in [0, 0.05) is 29.1 Å². The number of hydrogen-bond donors (Lipinski definition) is 2. The van der Waals surface area contributed by atoms with E-state index in [9.17, 15) is 9.90 Å². The van der Waals surface area contributed by atoms with E-state index in [2.05, 4.69) is 4.99 Å². The number of hydrogen-bond acceptors (Lipinski definition) is 3. The zero-order valence-corrected chi connectivity index (χ0v) is 12.6. The molecule has 2 rings (SSSR count). The van der Waals surface area contributed by atoms with Crippen molar-refractivity contribution in [2.45, 2.75) is 12.8 Å². The van der Waals surface area contributed by atoms with E-state index in [1.165, 1.54) is 0 Å². The first-order chi connectivity index (χ1) is 10.6. The molecule has 0 aliphatic carbocycles. The van der Waals surface area contributed by atoms with Crippen LogP contribution in [0.3, 0.4) is 0 Å². The van der Waals surface area contributed by atoms with Gasteiger partial charge in [-0.3, -0.25) is 9.79 Å². The van der Waals surface area contributed by atoms with Crippen LogP contribution >= 0.6 is 11.6 Å². The van der Waals surface area contributed by atoms with Crippen LogP contribution in [0, 0.1) is 0 Å². The minimum absolute atomic E-state index is 0.0556. The average Bonchev–Trinajstić information content (AvgIpc) is 2.49. The molecule has 22 heavy (non-hydrogen) atoms. The molecule has 114 valence electrons. The summed E-state index contributed by atoms with van der Waals surface area (Å²) in [5.74, 6) is -0.739. The Kier molecular flexibility index (Phi) is 5.55. The number of carboxylic acid groups (broad SMARTS) is 1. The molecule has 0 bridgehead atoms. The van der Waals surface area contributed by atoms with Gasteiger partial charge in [-0.2, -0.15) is 0 Å². The first-order valence-corrected chi connectivity index (χ1v) is 7.27. The van der Waals surface area contributed by atoms with E-state index in [1.54, 1.807) is 30.3 Å². The summed E-state index contributed by atoms with van der Waals surface area (Å²) in [6, 6.07) is 14.1. The Hall–Kier alpha value is -2.33. The van der Waals surface area contributed by atoms with Crippen LogP contribution in [0.25, 0.3) is 0 Å². The first kappa shape index (κ1) is 16.0. The van der Waals surface area contributed by atoms with Crippen LogP contribution in [0.5, 0.6) is 5.75 Å². The Morgan fingerprint density at radius 1 is 1.05 bits per heavy atom. The average molecular weight is 318 g/mol. The topological polar surface area (TPSA) is 69.9 Å². The molecule has 0 saturated carbocycles. The van der Waals surface area contributed by atoms with E-state index in [1.807, 2.05) is 18.2 Å². The highest BCUT2D eigenvalue weighted by molar-refractivity contribution is 6.35. The maximum Gasteiger partial charge on any atom is 0.303 e. The highest BCUT2D eigenvalue weighted by atomic mass is 35.5. The largest absolute Gasteiger partial charge is 0.507 e. The van der Waals surface area contributed by atoms with Gasteiger partial charge in [0.15, 0.2) is 0 Å². The van der Waals surface area contributed by atoms with Crippen molar-refractivity contribution in [3.8, 4) is 5.75 Å². The molecule has 0 heterocycles. The van der Waals surface area contributed by atoms with Gasteiger partial charge in [0.2, 0.25) is 0 Å². The summed E-state index contributed by atoms with van der Waals surface area (Å²) in [6.07, 6.45) is 0.483. The zero-order chi connectivity index (χ0) is 15.9. The zero-order valence-electron chi connectivity index (χ0n) is 11.9. The number of aliphatic imine (C=N–C) groups is 1. The number of phenols is 1. The molecule has 0 aromatic heterocycles. The van der Waals surface area contributed by atoms with Gasteiger partial charge in [-0.25, -0.2) is 0 Å². The predicted molar refractivity (Wildman–Crippen MR) is 86.9 cm³/mol. The SMILES string of the molecule is O=C(O)CCCN=C(c1ccccc1O)c1ccccc1Cl. The number of para-hydroxylation sites is 1. The molecule has 0 amide bonds. The standard InChI is InChI=1S/C17H16ClNO3/c18-14-8-3-1-6-12(14)17(19-11-5-10-16(21)22)13-7-2-4-9-15(13)20/h1-4,6-9,20H,5,10-11H2,(H,21,22). The summed E-state index contributed by atoms with van der Waals surface area (Å²) in [4.78, 5) is 15.0. The van der Waals surface area contributed by atoms with Crippen LogP contribution < -0.4 is 0 Å². The third-order valence-electron chi connectivity index (χ3n) is 3.11. The highest BCUT2D eigenvalue weighted by Gasteiger charge is 2.13. The highest BCUT2D eigenvalue weighted by Crippen LogP contribution is 2.25. The monoisotopic (exact) mass is 317 g/mol. The van der Waals surface area contributed by atoms with Crippen molar-refractivity contribution in [2.75, 3.05) is 6.54 Å². The second-order valence-corrected chi connectivity index (χ2v) is 5.13. The van der Waals surface area contributed by atoms with Crippen molar-refractivity contribution in [2.24, 2.45) is 4.99 Å². The van der Waals surface area contributed by atoms with E-state index in [0.717, 1.165) is 0 Å². The maximum absolute atomic E-state index is 10.6. The number of aromatic hydroxyl groups is 1. The van der Waals surface area contributed by atoms with Crippen LogP contribution in [-0.4, -0.2) is 28.4 Å². The first-order valence-electron chi connectivity index (χ1n) is 6.89. The fraction of sp³-hybridized carbons (Fsp3) is 0.176. The molecule has 0 spiro atoms. The van der Waals surface area contributed by atoms with Crippen LogP contribution in [0.15, 0.2) is 53.5 Å². The van der Waals surface area contributed by atoms with Crippen LogP contribution in [-0.2, 0) is 4.79 Å². The normalized spacial score (nSPS) is 11.4. The second kappa shape index (κ2) is 7.61. The molecule has 4 nitrogen and oxygen atoms in total. The lowest BCUT2D eigenvalue weighted by atomic mass is 10.0. The minimum Gasteiger partial charge on any atom is -0.507 e. The second-order valence-electron chi connectivity index (χ2n) is 4.72. The summed E-state index contributed by atoms with van der Waals surface area (Å²) in [6.45, 7) is 0.348. The number of halogens is 1. The molecule has 2 N–H and O–H groups in total. The summed E-state index contributed by atoms with van der Waals surface area (Å²) in [7, 11) is 0. The molecule has 0 aliphatic heterocycles. The maximum atomic E-state index is 10.6. The van der Waals surface area contributed by atoms with E-state index < -0.39 is 5.97 Å². The molecule has 0 unspecified atom stereocenters. The Balaban J connectivity index is 2.37. The molecule has 0 aliphatic rings. The number of aliphatic carboxylic acids is 1. The van der Waals surface area contributed by atoms with Gasteiger partial charge in [0.25, 0.3) is 0 Å². The van der Waals surface area contributed by atoms with Crippen molar-refractivity contribution < 1.29 is 15.0 Å². The van der Waals surface area contributed by atoms with E-state index in [-0.39, 0.29) is 12.2 Å². The summed E-state index contributed by atoms with van der Waals surface area (Å²) < 4.78 is 0. The third kappa shape index (κ3) is 4.09. The smallest absolute Gasteiger partial charge is 0.303 e. The predicted octanol–water partition coefficient (Wildman–Crippen LogP) is 3.75. The summed E-state index contributed by atoms with van der Waals surface area (Å²) in [5, 5.41) is 19.3. The molecule has 2 aromatic carbocycles. The lowest BCUT2D eigenvalue weighted by molar-refractivity contribution is -0.137. The van der Waals surface area contributed by atoms with Crippen molar-refractivity contribution in [3.63, 3.8) is 0 Å². The minimum atomic E-state index is -0.850. The number of carbonyl (C=O) groups is 1. The van der Waals surface area contributed by atoms with Gasteiger partial charge in [0.1, 0.15) is 5.75 Å². The number of benzene rings is 2. The van der Waals surface area contributed by atoms with Gasteiger partial charge in [-0.1, -0.05) is 41.9 Å². The molecule has 5 heteroatoms. The summed E-state index contributed by atoms with van der Waals surface area (Å²) in [5.41, 5.74) is 1.85. The molecule has 0 fully saturated rings. The van der Waals surface area contributed by atoms with Crippen LogP contribution in [0.1, 0.15) is 24.0 Å². The van der Waals surface area contributed by atoms with E-state index >= 15 is 0 Å². The van der Waals surface area contributed by atoms with Crippen LogP contribution in [0.4, 0.5) is 0 Å². The van der Waals surface area contributed by atoms with Crippen molar-refractivity contribution in [1.29, 1.82) is 0 Å². The number of rotatable bonds is 6. The molecule has 0 radical (unpaired) electrons.